The van der Waals surface area contributed by atoms with Crippen molar-refractivity contribution in [3.63, 3.8) is 0 Å². The number of aryl methyl sites for hydroxylation is 2. The molecule has 1 N–H and O–H groups in total. The van der Waals surface area contributed by atoms with Gasteiger partial charge in [-0.2, -0.15) is 0 Å². The van der Waals surface area contributed by atoms with Crippen LogP contribution in [0.1, 0.15) is 18.1 Å². The van der Waals surface area contributed by atoms with Gasteiger partial charge in [-0.25, -0.2) is 4.98 Å². The van der Waals surface area contributed by atoms with E-state index in [0.29, 0.717) is 0 Å². The molecule has 0 amide bonds. The molecule has 2 aromatic rings. The zero-order valence-electron chi connectivity index (χ0n) is 10.2. The van der Waals surface area contributed by atoms with Crippen molar-refractivity contribution in [2.75, 3.05) is 13.1 Å². The van der Waals surface area contributed by atoms with Crippen LogP contribution in [0.25, 0.3) is 11.0 Å². The second-order valence-corrected chi connectivity index (χ2v) is 4.22. The van der Waals surface area contributed by atoms with E-state index < -0.39 is 0 Å². The van der Waals surface area contributed by atoms with Crippen molar-refractivity contribution in [1.29, 1.82) is 0 Å². The Bertz CT molecular complexity index is 485. The molecule has 0 unspecified atom stereocenters. The van der Waals surface area contributed by atoms with Gasteiger partial charge in [0.05, 0.1) is 17.4 Å². The molecule has 16 heavy (non-hydrogen) atoms. The molecule has 0 saturated carbocycles. The van der Waals surface area contributed by atoms with Gasteiger partial charge in [-0.1, -0.05) is 6.92 Å². The first-order valence-electron chi connectivity index (χ1n) is 5.85. The van der Waals surface area contributed by atoms with Gasteiger partial charge in [0, 0.05) is 13.1 Å². The first-order valence-corrected chi connectivity index (χ1v) is 5.85. The van der Waals surface area contributed by atoms with E-state index >= 15 is 0 Å². The van der Waals surface area contributed by atoms with E-state index in [2.05, 4.69) is 47.8 Å². The fourth-order valence-corrected chi connectivity index (χ4v) is 1.87. The van der Waals surface area contributed by atoms with Gasteiger partial charge in [-0.3, -0.25) is 0 Å². The lowest BCUT2D eigenvalue weighted by atomic mass is 10.1. The van der Waals surface area contributed by atoms with Gasteiger partial charge in [0.2, 0.25) is 0 Å². The Labute approximate surface area is 96.5 Å². The highest BCUT2D eigenvalue weighted by molar-refractivity contribution is 5.77. The zero-order valence-corrected chi connectivity index (χ0v) is 10.2. The molecule has 0 saturated heterocycles. The van der Waals surface area contributed by atoms with E-state index in [1.54, 1.807) is 0 Å². The monoisotopic (exact) mass is 217 g/mol. The first-order chi connectivity index (χ1) is 7.72. The minimum Gasteiger partial charge on any atom is -0.329 e. The Hall–Kier alpha value is -1.35. The maximum absolute atomic E-state index is 4.43. The van der Waals surface area contributed by atoms with Gasteiger partial charge in [0.1, 0.15) is 0 Å². The summed E-state index contributed by atoms with van der Waals surface area (Å²) in [6, 6.07) is 4.39. The first kappa shape index (κ1) is 11.1. The lowest BCUT2D eigenvalue weighted by Crippen LogP contribution is -2.18. The standard InChI is InChI=1S/C13H19N3/c1-4-14-5-6-16-9-15-12-7-10(2)11(3)8-13(12)16/h7-9,14H,4-6H2,1-3H3. The molecule has 0 aliphatic rings. The van der Waals surface area contributed by atoms with Crippen molar-refractivity contribution >= 4 is 11.0 Å². The smallest absolute Gasteiger partial charge is 0.0958 e. The fraction of sp³-hybridized carbons (Fsp3) is 0.462. The second-order valence-electron chi connectivity index (χ2n) is 4.22. The van der Waals surface area contributed by atoms with Gasteiger partial charge in [-0.15, -0.1) is 0 Å². The van der Waals surface area contributed by atoms with Gasteiger partial charge in [-0.05, 0) is 43.7 Å². The Morgan fingerprint density at radius 1 is 1.25 bits per heavy atom. The molecule has 0 spiro atoms. The Balaban J connectivity index is 2.29. The quantitative estimate of drug-likeness (QED) is 0.796. The van der Waals surface area contributed by atoms with E-state index in [0.717, 1.165) is 25.2 Å². The van der Waals surface area contributed by atoms with E-state index in [-0.39, 0.29) is 0 Å². The van der Waals surface area contributed by atoms with Crippen LogP contribution in [0.5, 0.6) is 0 Å². The van der Waals surface area contributed by atoms with Crippen LogP contribution in [0, 0.1) is 13.8 Å². The van der Waals surface area contributed by atoms with Crippen molar-refractivity contribution in [1.82, 2.24) is 14.9 Å². The van der Waals surface area contributed by atoms with Crippen molar-refractivity contribution < 1.29 is 0 Å². The summed E-state index contributed by atoms with van der Waals surface area (Å²) in [6.07, 6.45) is 1.93. The van der Waals surface area contributed by atoms with Gasteiger partial charge < -0.3 is 9.88 Å². The number of hydrogen-bond donors (Lipinski definition) is 1. The summed E-state index contributed by atoms with van der Waals surface area (Å²) in [5, 5.41) is 3.33. The van der Waals surface area contributed by atoms with Crippen LogP contribution < -0.4 is 5.32 Å². The molecule has 1 aromatic carbocycles. The summed E-state index contributed by atoms with van der Waals surface area (Å²) in [5.41, 5.74) is 4.97. The highest BCUT2D eigenvalue weighted by Gasteiger charge is 2.04. The Morgan fingerprint density at radius 3 is 2.75 bits per heavy atom. The van der Waals surface area contributed by atoms with Crippen LogP contribution >= 0.6 is 0 Å². The minimum absolute atomic E-state index is 0.979. The lowest BCUT2D eigenvalue weighted by Gasteiger charge is -2.06. The van der Waals surface area contributed by atoms with E-state index in [4.69, 9.17) is 0 Å². The SMILES string of the molecule is CCNCCn1cnc2cc(C)c(C)cc21. The summed E-state index contributed by atoms with van der Waals surface area (Å²) in [6.45, 7) is 9.40. The molecule has 3 heteroatoms. The van der Waals surface area contributed by atoms with Crippen LogP contribution in [0.15, 0.2) is 18.5 Å². The van der Waals surface area contributed by atoms with Crippen molar-refractivity contribution in [3.8, 4) is 0 Å². The maximum Gasteiger partial charge on any atom is 0.0958 e. The number of nitrogens with zero attached hydrogens (tertiary/aromatic N) is 2. The average Bonchev–Trinajstić information content (AvgIpc) is 2.63. The van der Waals surface area contributed by atoms with Gasteiger partial charge >= 0.3 is 0 Å². The summed E-state index contributed by atoms with van der Waals surface area (Å²) in [4.78, 5) is 4.43. The molecule has 0 aliphatic carbocycles. The predicted molar refractivity (Wildman–Crippen MR) is 67.8 cm³/mol. The summed E-state index contributed by atoms with van der Waals surface area (Å²) < 4.78 is 2.21. The highest BCUT2D eigenvalue weighted by Crippen LogP contribution is 2.17. The number of likely N-dealkylation sites (N-methyl/N-ethyl adjacent to an activating group) is 1. The third kappa shape index (κ3) is 2.09. The molecule has 86 valence electrons. The second kappa shape index (κ2) is 4.66. The molecular weight excluding hydrogens is 198 g/mol. The number of nitrogens with one attached hydrogen (secondary N) is 1. The largest absolute Gasteiger partial charge is 0.329 e. The normalized spacial score (nSPS) is 11.2. The molecule has 1 aromatic heterocycles. The van der Waals surface area contributed by atoms with Gasteiger partial charge in [0.15, 0.2) is 0 Å². The highest BCUT2D eigenvalue weighted by atomic mass is 15.1. The zero-order chi connectivity index (χ0) is 11.5. The summed E-state index contributed by atoms with van der Waals surface area (Å²) in [5.74, 6) is 0. The molecule has 0 aliphatic heterocycles. The number of imidazole rings is 1. The van der Waals surface area contributed by atoms with Crippen LogP contribution in [-0.4, -0.2) is 22.6 Å². The molecule has 0 fully saturated rings. The molecule has 2 rings (SSSR count). The predicted octanol–water partition coefficient (Wildman–Crippen LogP) is 2.26. The topological polar surface area (TPSA) is 29.9 Å². The van der Waals surface area contributed by atoms with Crippen LogP contribution in [0.4, 0.5) is 0 Å². The average molecular weight is 217 g/mol. The summed E-state index contributed by atoms with van der Waals surface area (Å²) >= 11 is 0. The third-order valence-electron chi connectivity index (χ3n) is 3.02. The van der Waals surface area contributed by atoms with Crippen molar-refractivity contribution in [2.24, 2.45) is 0 Å². The molecule has 3 nitrogen and oxygen atoms in total. The number of fused-ring (bicyclic) bond motifs is 1. The number of rotatable bonds is 4. The molecule has 0 atom stereocenters. The van der Waals surface area contributed by atoms with Crippen LogP contribution in [-0.2, 0) is 6.54 Å². The fourth-order valence-electron chi connectivity index (χ4n) is 1.87. The van der Waals surface area contributed by atoms with E-state index in [1.165, 1.54) is 16.6 Å². The maximum atomic E-state index is 4.43. The number of aromatic nitrogens is 2. The number of hydrogen-bond acceptors (Lipinski definition) is 2. The third-order valence-corrected chi connectivity index (χ3v) is 3.02. The van der Waals surface area contributed by atoms with Gasteiger partial charge in [0.25, 0.3) is 0 Å². The molecule has 0 bridgehead atoms. The lowest BCUT2D eigenvalue weighted by molar-refractivity contribution is 0.623. The van der Waals surface area contributed by atoms with Crippen molar-refractivity contribution in [3.05, 3.63) is 29.6 Å². The number of benzene rings is 1. The molecule has 0 radical (unpaired) electrons. The summed E-state index contributed by atoms with van der Waals surface area (Å²) in [7, 11) is 0. The van der Waals surface area contributed by atoms with Crippen LogP contribution in [0.3, 0.4) is 0 Å². The molecule has 1 heterocycles. The minimum atomic E-state index is 0.979. The van der Waals surface area contributed by atoms with E-state index in [1.807, 2.05) is 6.33 Å². The van der Waals surface area contributed by atoms with Crippen molar-refractivity contribution in [2.45, 2.75) is 27.3 Å². The van der Waals surface area contributed by atoms with E-state index in [9.17, 15) is 0 Å². The Kier molecular flexibility index (Phi) is 3.25. The Morgan fingerprint density at radius 2 is 2.00 bits per heavy atom. The van der Waals surface area contributed by atoms with Crippen LogP contribution in [0.2, 0.25) is 0 Å². The molecular formula is C13H19N3.